The average molecular weight is 407 g/mol. The zero-order valence-corrected chi connectivity index (χ0v) is 17.4. The molecule has 1 atom stereocenters. The smallest absolute Gasteiger partial charge is 0.251 e. The summed E-state index contributed by atoms with van der Waals surface area (Å²) >= 11 is 0. The van der Waals surface area contributed by atoms with Crippen LogP contribution in [0.5, 0.6) is 0 Å². The Bertz CT molecular complexity index is 892. The van der Waals surface area contributed by atoms with Crippen LogP contribution in [0.15, 0.2) is 54.6 Å². The highest BCUT2D eigenvalue weighted by Crippen LogP contribution is 2.30. The number of hydrogen-bond donors (Lipinski definition) is 1. The number of carbonyl (C=O) groups is 2. The molecule has 5 heteroatoms. The van der Waals surface area contributed by atoms with Crippen molar-refractivity contribution in [2.45, 2.75) is 44.1 Å². The van der Waals surface area contributed by atoms with Crippen molar-refractivity contribution in [2.75, 3.05) is 19.7 Å². The Morgan fingerprint density at radius 3 is 2.47 bits per heavy atom. The Balaban J connectivity index is 1.54. The highest BCUT2D eigenvalue weighted by Gasteiger charge is 2.44. The average Bonchev–Trinajstić information content (AvgIpc) is 2.80. The standard InChI is InChI=1S/C25H30N2O3/c26-24(29)25(17-19-8-7-13-22(16-19)20-9-3-1-4-10-20)18-27(14-15-30-25)23(28)21-11-5-2-6-12-21/h1,3-4,7-10,13,16,21H,2,5-6,11-12,14-15,17-18H2,(H2,26,29)/t25-/m0/s1. The summed E-state index contributed by atoms with van der Waals surface area (Å²) in [5.74, 6) is -0.278. The predicted molar refractivity (Wildman–Crippen MR) is 117 cm³/mol. The molecule has 5 nitrogen and oxygen atoms in total. The lowest BCUT2D eigenvalue weighted by Crippen LogP contribution is -2.61. The molecule has 1 heterocycles. The number of nitrogens with zero attached hydrogens (tertiary/aromatic N) is 1. The van der Waals surface area contributed by atoms with Crippen LogP contribution in [-0.2, 0) is 20.7 Å². The van der Waals surface area contributed by atoms with E-state index < -0.39 is 11.5 Å². The lowest BCUT2D eigenvalue weighted by Gasteiger charge is -2.42. The maximum atomic E-state index is 13.1. The Hall–Kier alpha value is -2.66. The van der Waals surface area contributed by atoms with E-state index in [1.807, 2.05) is 35.2 Å². The molecule has 1 aliphatic heterocycles. The van der Waals surface area contributed by atoms with Gasteiger partial charge in [0.2, 0.25) is 5.91 Å². The van der Waals surface area contributed by atoms with Crippen LogP contribution in [-0.4, -0.2) is 42.0 Å². The molecular weight excluding hydrogens is 376 g/mol. The molecule has 2 amide bonds. The SMILES string of the molecule is NC(=O)[C@]1(Cc2cccc(-c3ccccc3)c2)CN(C(=O)C2CCCCC2)CCO1. The van der Waals surface area contributed by atoms with Crippen LogP contribution in [0.3, 0.4) is 0 Å². The first-order chi connectivity index (χ1) is 14.6. The Kier molecular flexibility index (Phi) is 6.18. The van der Waals surface area contributed by atoms with E-state index in [1.54, 1.807) is 0 Å². The molecule has 30 heavy (non-hydrogen) atoms. The summed E-state index contributed by atoms with van der Waals surface area (Å²) in [6.45, 7) is 1.08. The van der Waals surface area contributed by atoms with Gasteiger partial charge >= 0.3 is 0 Å². The second-order valence-corrected chi connectivity index (χ2v) is 8.54. The van der Waals surface area contributed by atoms with Gasteiger partial charge in [-0.2, -0.15) is 0 Å². The van der Waals surface area contributed by atoms with Gasteiger partial charge < -0.3 is 15.4 Å². The number of primary amides is 1. The lowest BCUT2D eigenvalue weighted by atomic mass is 9.86. The third-order valence-corrected chi connectivity index (χ3v) is 6.42. The highest BCUT2D eigenvalue weighted by molar-refractivity contribution is 5.86. The van der Waals surface area contributed by atoms with Crippen molar-refractivity contribution in [2.24, 2.45) is 11.7 Å². The van der Waals surface area contributed by atoms with Crippen molar-refractivity contribution in [1.82, 2.24) is 4.90 Å². The molecule has 2 N–H and O–H groups in total. The number of rotatable bonds is 5. The number of nitrogens with two attached hydrogens (primary N) is 1. The maximum Gasteiger partial charge on any atom is 0.251 e. The summed E-state index contributed by atoms with van der Waals surface area (Å²) in [7, 11) is 0. The fourth-order valence-corrected chi connectivity index (χ4v) is 4.74. The molecule has 158 valence electrons. The highest BCUT2D eigenvalue weighted by atomic mass is 16.5. The first-order valence-electron chi connectivity index (χ1n) is 10.9. The summed E-state index contributed by atoms with van der Waals surface area (Å²) in [6, 6.07) is 18.2. The minimum absolute atomic E-state index is 0.0730. The Morgan fingerprint density at radius 2 is 1.73 bits per heavy atom. The van der Waals surface area contributed by atoms with Crippen molar-refractivity contribution in [3.8, 4) is 11.1 Å². The van der Waals surface area contributed by atoms with Gasteiger partial charge in [-0.25, -0.2) is 0 Å². The third kappa shape index (κ3) is 4.41. The van der Waals surface area contributed by atoms with E-state index in [2.05, 4.69) is 24.3 Å². The quantitative estimate of drug-likeness (QED) is 0.825. The van der Waals surface area contributed by atoms with E-state index in [9.17, 15) is 9.59 Å². The number of morpholine rings is 1. The molecule has 2 aromatic carbocycles. The molecule has 0 bridgehead atoms. The maximum absolute atomic E-state index is 13.1. The van der Waals surface area contributed by atoms with Gasteiger partial charge in [-0.15, -0.1) is 0 Å². The molecule has 0 aromatic heterocycles. The summed E-state index contributed by atoms with van der Waals surface area (Å²) in [5, 5.41) is 0. The van der Waals surface area contributed by atoms with Crippen molar-refractivity contribution in [3.63, 3.8) is 0 Å². The van der Waals surface area contributed by atoms with E-state index in [4.69, 9.17) is 10.5 Å². The summed E-state index contributed by atoms with van der Waals surface area (Å²) < 4.78 is 5.98. The zero-order chi connectivity index (χ0) is 21.0. The minimum Gasteiger partial charge on any atom is -0.367 e. The number of ether oxygens (including phenoxy) is 1. The minimum atomic E-state index is -1.18. The number of hydrogen-bond acceptors (Lipinski definition) is 3. The zero-order valence-electron chi connectivity index (χ0n) is 17.4. The Labute approximate surface area is 178 Å². The molecule has 1 aliphatic carbocycles. The van der Waals surface area contributed by atoms with E-state index in [0.29, 0.717) is 19.6 Å². The molecule has 4 rings (SSSR count). The molecule has 2 aliphatic rings. The summed E-state index contributed by atoms with van der Waals surface area (Å²) in [5.41, 5.74) is 7.83. The van der Waals surface area contributed by atoms with E-state index in [1.165, 1.54) is 6.42 Å². The van der Waals surface area contributed by atoms with E-state index in [-0.39, 0.29) is 18.4 Å². The topological polar surface area (TPSA) is 72.6 Å². The molecule has 0 radical (unpaired) electrons. The van der Waals surface area contributed by atoms with Crippen molar-refractivity contribution in [3.05, 3.63) is 60.2 Å². The first kappa shape index (κ1) is 20.6. The van der Waals surface area contributed by atoms with Crippen LogP contribution < -0.4 is 5.73 Å². The van der Waals surface area contributed by atoms with Crippen LogP contribution in [0.2, 0.25) is 0 Å². The molecule has 2 aromatic rings. The first-order valence-corrected chi connectivity index (χ1v) is 10.9. The lowest BCUT2D eigenvalue weighted by molar-refractivity contribution is -0.165. The van der Waals surface area contributed by atoms with Gasteiger partial charge in [0.1, 0.15) is 0 Å². The molecular formula is C25H30N2O3. The van der Waals surface area contributed by atoms with Gasteiger partial charge in [-0.05, 0) is 29.5 Å². The second-order valence-electron chi connectivity index (χ2n) is 8.54. The summed E-state index contributed by atoms with van der Waals surface area (Å²) in [6.07, 6.45) is 5.66. The van der Waals surface area contributed by atoms with Crippen LogP contribution in [0.1, 0.15) is 37.7 Å². The normalized spacial score (nSPS) is 22.6. The van der Waals surface area contributed by atoms with E-state index >= 15 is 0 Å². The van der Waals surface area contributed by atoms with Crippen LogP contribution in [0.4, 0.5) is 0 Å². The van der Waals surface area contributed by atoms with E-state index in [0.717, 1.165) is 42.4 Å². The predicted octanol–water partition coefficient (Wildman–Crippen LogP) is 3.56. The van der Waals surface area contributed by atoms with Gasteiger partial charge in [-0.3, -0.25) is 9.59 Å². The molecule has 1 saturated carbocycles. The van der Waals surface area contributed by atoms with Gasteiger partial charge in [0.25, 0.3) is 5.91 Å². The molecule has 0 spiro atoms. The van der Waals surface area contributed by atoms with Gasteiger partial charge in [0.05, 0.1) is 13.2 Å². The molecule has 0 unspecified atom stereocenters. The fourth-order valence-electron chi connectivity index (χ4n) is 4.74. The monoisotopic (exact) mass is 406 g/mol. The van der Waals surface area contributed by atoms with Gasteiger partial charge in [0.15, 0.2) is 5.60 Å². The van der Waals surface area contributed by atoms with Crippen molar-refractivity contribution >= 4 is 11.8 Å². The molecule has 2 fully saturated rings. The number of amides is 2. The fraction of sp³-hybridized carbons (Fsp3) is 0.440. The number of carbonyl (C=O) groups excluding carboxylic acids is 2. The molecule has 1 saturated heterocycles. The summed E-state index contributed by atoms with van der Waals surface area (Å²) in [4.78, 5) is 27.4. The Morgan fingerprint density at radius 1 is 1.00 bits per heavy atom. The van der Waals surface area contributed by atoms with Crippen molar-refractivity contribution in [1.29, 1.82) is 0 Å². The van der Waals surface area contributed by atoms with Crippen LogP contribution >= 0.6 is 0 Å². The van der Waals surface area contributed by atoms with Crippen molar-refractivity contribution < 1.29 is 14.3 Å². The van der Waals surface area contributed by atoms with Gasteiger partial charge in [-0.1, -0.05) is 73.9 Å². The van der Waals surface area contributed by atoms with Crippen LogP contribution in [0, 0.1) is 5.92 Å². The largest absolute Gasteiger partial charge is 0.367 e. The van der Waals surface area contributed by atoms with Crippen LogP contribution in [0.25, 0.3) is 11.1 Å². The second kappa shape index (κ2) is 9.00. The third-order valence-electron chi connectivity index (χ3n) is 6.42. The number of benzene rings is 2. The van der Waals surface area contributed by atoms with Gasteiger partial charge in [0, 0.05) is 18.9 Å².